The summed E-state index contributed by atoms with van der Waals surface area (Å²) in [5.74, 6) is 0. The van der Waals surface area contributed by atoms with Gasteiger partial charge in [-0.05, 0) is 11.0 Å². The van der Waals surface area contributed by atoms with E-state index in [0.717, 1.165) is 6.32 Å². The Morgan fingerprint density at radius 2 is 1.38 bits per heavy atom. The highest BCUT2D eigenvalue weighted by Crippen LogP contribution is 2.24. The third-order valence-corrected chi connectivity index (χ3v) is 2.77. The van der Waals surface area contributed by atoms with Gasteiger partial charge in [-0.1, -0.05) is 83.0 Å². The molecule has 0 saturated carbocycles. The smallest absolute Gasteiger partial charge is 0.0674 e. The van der Waals surface area contributed by atoms with Crippen molar-refractivity contribution in [3.05, 3.63) is 35.4 Å². The summed E-state index contributed by atoms with van der Waals surface area (Å²) in [5.41, 5.74) is 3.07. The summed E-state index contributed by atoms with van der Waals surface area (Å²) in [6.45, 7) is 13.5. The van der Waals surface area contributed by atoms with Crippen LogP contribution in [0.2, 0.25) is 5.31 Å². The first-order valence-corrected chi connectivity index (χ1v) is 6.12. The van der Waals surface area contributed by atoms with Gasteiger partial charge in [0.25, 0.3) is 0 Å². The van der Waals surface area contributed by atoms with Gasteiger partial charge in [-0.25, -0.2) is 0 Å². The Balaban J connectivity index is 2.66. The molecular weight excluding hydrogens is 191 g/mol. The minimum atomic E-state index is 0.256. The minimum Gasteiger partial charge on any atom is -0.0674 e. The maximum Gasteiger partial charge on any atom is 0.122 e. The summed E-state index contributed by atoms with van der Waals surface area (Å²) in [6, 6.07) is 9.02. The van der Waals surface area contributed by atoms with Crippen LogP contribution in [0, 0.1) is 0 Å². The molecule has 1 aromatic carbocycles. The number of benzene rings is 1. The van der Waals surface area contributed by atoms with Crippen LogP contribution in [0.5, 0.6) is 0 Å². The van der Waals surface area contributed by atoms with E-state index in [-0.39, 0.29) is 5.41 Å². The Morgan fingerprint density at radius 1 is 0.875 bits per heavy atom. The van der Waals surface area contributed by atoms with E-state index in [4.69, 9.17) is 0 Å². The first-order chi connectivity index (χ1) is 7.18. The van der Waals surface area contributed by atoms with Gasteiger partial charge in [-0.2, -0.15) is 0 Å². The zero-order valence-electron chi connectivity index (χ0n) is 11.6. The van der Waals surface area contributed by atoms with Crippen molar-refractivity contribution in [2.24, 2.45) is 0 Å². The summed E-state index contributed by atoms with van der Waals surface area (Å²) in [4.78, 5) is 0. The van der Waals surface area contributed by atoms with Crippen molar-refractivity contribution in [3.63, 3.8) is 0 Å². The van der Waals surface area contributed by atoms with Gasteiger partial charge in [0.15, 0.2) is 0 Å². The predicted molar refractivity (Wildman–Crippen MR) is 74.3 cm³/mol. The van der Waals surface area contributed by atoms with E-state index in [1.54, 1.807) is 0 Å². The van der Waals surface area contributed by atoms with Crippen LogP contribution in [-0.2, 0) is 11.7 Å². The Kier molecular flexibility index (Phi) is 3.88. The SMILES string of the molecule is CC(C)(C)[B]Cc1ccc(C(C)(C)C)cc1. The lowest BCUT2D eigenvalue weighted by Crippen LogP contribution is -2.13. The molecule has 1 aromatic rings. The van der Waals surface area contributed by atoms with Crippen molar-refractivity contribution in [1.29, 1.82) is 0 Å². The maximum absolute atomic E-state index is 2.37. The van der Waals surface area contributed by atoms with Crippen molar-refractivity contribution in [3.8, 4) is 0 Å². The van der Waals surface area contributed by atoms with E-state index in [9.17, 15) is 0 Å². The second kappa shape index (κ2) is 4.65. The van der Waals surface area contributed by atoms with E-state index < -0.39 is 0 Å². The highest BCUT2D eigenvalue weighted by molar-refractivity contribution is 6.39. The fourth-order valence-electron chi connectivity index (χ4n) is 1.56. The Bertz CT molecular complexity index is 322. The number of rotatable bonds is 2. The second-order valence-corrected chi connectivity index (χ2v) is 6.72. The summed E-state index contributed by atoms with van der Waals surface area (Å²) in [5, 5.41) is 0.308. The molecular formula is C15H24B. The van der Waals surface area contributed by atoms with Crippen molar-refractivity contribution < 1.29 is 0 Å². The average Bonchev–Trinajstić information content (AvgIpc) is 2.13. The molecule has 0 saturated heterocycles. The van der Waals surface area contributed by atoms with Crippen LogP contribution in [0.3, 0.4) is 0 Å². The van der Waals surface area contributed by atoms with E-state index in [2.05, 4.69) is 73.1 Å². The molecule has 0 unspecified atom stereocenters. The van der Waals surface area contributed by atoms with Gasteiger partial charge in [-0.3, -0.25) is 0 Å². The minimum absolute atomic E-state index is 0.256. The van der Waals surface area contributed by atoms with Crippen LogP contribution in [0.1, 0.15) is 52.7 Å². The fourth-order valence-corrected chi connectivity index (χ4v) is 1.56. The van der Waals surface area contributed by atoms with E-state index in [1.165, 1.54) is 11.1 Å². The average molecular weight is 215 g/mol. The molecule has 0 atom stereocenters. The Morgan fingerprint density at radius 3 is 1.75 bits per heavy atom. The standard InChI is InChI=1S/C15H24B/c1-14(2,3)13-9-7-12(8-10-13)11-16-15(4,5)6/h7-10H,11H2,1-6H3. The van der Waals surface area contributed by atoms with Crippen LogP contribution < -0.4 is 0 Å². The van der Waals surface area contributed by atoms with Gasteiger partial charge in [0.2, 0.25) is 0 Å². The van der Waals surface area contributed by atoms with Crippen LogP contribution in [-0.4, -0.2) is 7.28 Å². The summed E-state index contributed by atoms with van der Waals surface area (Å²) in [7, 11) is 2.37. The lowest BCUT2D eigenvalue weighted by Gasteiger charge is -2.20. The van der Waals surface area contributed by atoms with Gasteiger partial charge < -0.3 is 0 Å². The molecule has 0 heterocycles. The van der Waals surface area contributed by atoms with Crippen LogP contribution in [0.15, 0.2) is 24.3 Å². The van der Waals surface area contributed by atoms with E-state index in [0.29, 0.717) is 5.31 Å². The molecule has 0 aliphatic rings. The molecule has 0 aromatic heterocycles. The fraction of sp³-hybridized carbons (Fsp3) is 0.600. The van der Waals surface area contributed by atoms with Crippen molar-refractivity contribution in [1.82, 2.24) is 0 Å². The van der Waals surface area contributed by atoms with Crippen LogP contribution in [0.4, 0.5) is 0 Å². The molecule has 16 heavy (non-hydrogen) atoms. The Labute approximate surface area is 102 Å². The van der Waals surface area contributed by atoms with Gasteiger partial charge in [0.1, 0.15) is 7.28 Å². The lowest BCUT2D eigenvalue weighted by molar-refractivity contribution is 0.590. The molecule has 87 valence electrons. The molecule has 0 nitrogen and oxygen atoms in total. The normalized spacial score (nSPS) is 12.6. The monoisotopic (exact) mass is 215 g/mol. The largest absolute Gasteiger partial charge is 0.122 e. The van der Waals surface area contributed by atoms with Gasteiger partial charge >= 0.3 is 0 Å². The predicted octanol–water partition coefficient (Wildman–Crippen LogP) is 4.41. The van der Waals surface area contributed by atoms with Gasteiger partial charge in [0.05, 0.1) is 0 Å². The molecule has 1 radical (unpaired) electrons. The van der Waals surface area contributed by atoms with Crippen molar-refractivity contribution in [2.45, 2.75) is 58.6 Å². The zero-order chi connectivity index (χ0) is 12.4. The topological polar surface area (TPSA) is 0 Å². The third kappa shape index (κ3) is 4.43. The molecule has 0 N–H and O–H groups in total. The summed E-state index contributed by atoms with van der Waals surface area (Å²) in [6.07, 6.45) is 1.06. The molecule has 1 heteroatoms. The van der Waals surface area contributed by atoms with Gasteiger partial charge in [0, 0.05) is 0 Å². The van der Waals surface area contributed by atoms with Crippen molar-refractivity contribution >= 4 is 7.28 Å². The molecule has 0 spiro atoms. The Hall–Kier alpha value is -0.715. The molecule has 0 bridgehead atoms. The summed E-state index contributed by atoms with van der Waals surface area (Å²) >= 11 is 0. The molecule has 0 amide bonds. The zero-order valence-corrected chi connectivity index (χ0v) is 11.6. The second-order valence-electron chi connectivity index (χ2n) is 6.72. The quantitative estimate of drug-likeness (QED) is 0.641. The molecule has 0 aliphatic heterocycles. The van der Waals surface area contributed by atoms with E-state index >= 15 is 0 Å². The number of hydrogen-bond acceptors (Lipinski definition) is 0. The van der Waals surface area contributed by atoms with E-state index in [1.807, 2.05) is 0 Å². The number of hydrogen-bond donors (Lipinski definition) is 0. The van der Waals surface area contributed by atoms with Crippen LogP contribution in [0.25, 0.3) is 0 Å². The molecule has 1 rings (SSSR count). The highest BCUT2D eigenvalue weighted by Gasteiger charge is 2.14. The van der Waals surface area contributed by atoms with Crippen LogP contribution >= 0.6 is 0 Å². The summed E-state index contributed by atoms with van der Waals surface area (Å²) < 4.78 is 0. The molecule has 0 aliphatic carbocycles. The third-order valence-electron chi connectivity index (χ3n) is 2.77. The molecule has 0 fully saturated rings. The van der Waals surface area contributed by atoms with Gasteiger partial charge in [-0.15, -0.1) is 0 Å². The first kappa shape index (κ1) is 13.4. The first-order valence-electron chi connectivity index (χ1n) is 6.12. The lowest BCUT2D eigenvalue weighted by atomic mass is 9.52. The maximum atomic E-state index is 2.37. The highest BCUT2D eigenvalue weighted by atomic mass is 14.2. The van der Waals surface area contributed by atoms with Crippen molar-refractivity contribution in [2.75, 3.05) is 0 Å².